The van der Waals surface area contributed by atoms with E-state index in [1.54, 1.807) is 19.1 Å². The van der Waals surface area contributed by atoms with Gasteiger partial charge in [0.25, 0.3) is 11.8 Å². The van der Waals surface area contributed by atoms with Crippen LogP contribution in [0.4, 0.5) is 5.69 Å². The molecule has 6 rings (SSSR count). The third kappa shape index (κ3) is 4.22. The summed E-state index contributed by atoms with van der Waals surface area (Å²) < 4.78 is 10.8. The Morgan fingerprint density at radius 2 is 1.89 bits per heavy atom. The number of hydrogen-bond acceptors (Lipinski definition) is 6. The van der Waals surface area contributed by atoms with Crippen LogP contribution in [0.25, 0.3) is 33.3 Å². The molecule has 35 heavy (non-hydrogen) atoms. The minimum absolute atomic E-state index is 0.176. The van der Waals surface area contributed by atoms with Gasteiger partial charge in [0, 0.05) is 34.6 Å². The number of imidazole rings is 1. The van der Waals surface area contributed by atoms with Crippen LogP contribution < -0.4 is 10.1 Å². The number of H-pyrrole nitrogens is 2. The first-order valence-electron chi connectivity index (χ1n) is 11.0. The van der Waals surface area contributed by atoms with E-state index in [2.05, 4.69) is 30.4 Å². The van der Waals surface area contributed by atoms with E-state index >= 15 is 0 Å². The molecule has 3 N–H and O–H groups in total. The SMILES string of the molecule is Cc1noc(COc2ccc3nc(-c4ccc(C(=O)Nc5ccc6cc[nH]c6c5)cc4)[nH]c3c2)n1. The average Bonchev–Trinajstić information content (AvgIpc) is 3.61. The zero-order chi connectivity index (χ0) is 23.8. The van der Waals surface area contributed by atoms with Crippen molar-refractivity contribution in [2.75, 3.05) is 5.32 Å². The van der Waals surface area contributed by atoms with Crippen molar-refractivity contribution in [2.24, 2.45) is 0 Å². The van der Waals surface area contributed by atoms with Gasteiger partial charge in [-0.3, -0.25) is 4.79 Å². The molecule has 9 nitrogen and oxygen atoms in total. The number of carbonyl (C=O) groups excluding carboxylic acids is 1. The van der Waals surface area contributed by atoms with Crippen LogP contribution in [0.2, 0.25) is 0 Å². The maximum Gasteiger partial charge on any atom is 0.264 e. The molecule has 1 amide bonds. The number of rotatable bonds is 6. The minimum atomic E-state index is -0.176. The summed E-state index contributed by atoms with van der Waals surface area (Å²) in [7, 11) is 0. The molecule has 0 spiro atoms. The highest BCUT2D eigenvalue weighted by atomic mass is 16.5. The van der Waals surface area contributed by atoms with E-state index in [-0.39, 0.29) is 12.5 Å². The number of benzene rings is 3. The third-order valence-electron chi connectivity index (χ3n) is 5.62. The standard InChI is InChI=1S/C26H20N6O3/c1-15-28-24(35-32-15)14-34-20-8-9-21-23(13-20)31-25(30-21)17-2-4-18(5-3-17)26(33)29-19-7-6-16-10-11-27-22(16)12-19/h2-13,27H,14H2,1H3,(H,29,33)(H,30,31). The summed E-state index contributed by atoms with van der Waals surface area (Å²) in [6.45, 7) is 1.95. The van der Waals surface area contributed by atoms with Crippen LogP contribution >= 0.6 is 0 Å². The highest BCUT2D eigenvalue weighted by molar-refractivity contribution is 6.05. The van der Waals surface area contributed by atoms with Crippen LogP contribution in [0, 0.1) is 6.92 Å². The molecule has 0 aliphatic rings. The van der Waals surface area contributed by atoms with Gasteiger partial charge in [-0.25, -0.2) is 4.98 Å². The van der Waals surface area contributed by atoms with E-state index in [0.29, 0.717) is 28.9 Å². The highest BCUT2D eigenvalue weighted by Crippen LogP contribution is 2.25. The first-order valence-corrected chi connectivity index (χ1v) is 11.0. The summed E-state index contributed by atoms with van der Waals surface area (Å²) in [6.07, 6.45) is 1.87. The Hall–Kier alpha value is -4.92. The number of aromatic amines is 2. The number of amides is 1. The zero-order valence-electron chi connectivity index (χ0n) is 18.7. The van der Waals surface area contributed by atoms with Crippen molar-refractivity contribution in [3.63, 3.8) is 0 Å². The first-order chi connectivity index (χ1) is 17.1. The molecule has 0 unspecified atom stereocenters. The topological polar surface area (TPSA) is 122 Å². The second kappa shape index (κ2) is 8.45. The van der Waals surface area contributed by atoms with Crippen molar-refractivity contribution < 1.29 is 14.1 Å². The summed E-state index contributed by atoms with van der Waals surface area (Å²) in [5.41, 5.74) is 4.78. The Kier molecular flexibility index (Phi) is 4.99. The van der Waals surface area contributed by atoms with E-state index in [1.807, 2.05) is 60.8 Å². The molecule has 3 aromatic heterocycles. The number of carbonyl (C=O) groups is 1. The van der Waals surface area contributed by atoms with Gasteiger partial charge in [0.2, 0.25) is 0 Å². The van der Waals surface area contributed by atoms with Crippen LogP contribution in [-0.4, -0.2) is 31.0 Å². The lowest BCUT2D eigenvalue weighted by Crippen LogP contribution is -2.11. The smallest absolute Gasteiger partial charge is 0.264 e. The number of aromatic nitrogens is 5. The Labute approximate surface area is 199 Å². The van der Waals surface area contributed by atoms with Gasteiger partial charge >= 0.3 is 0 Å². The van der Waals surface area contributed by atoms with E-state index in [9.17, 15) is 4.79 Å². The fourth-order valence-electron chi connectivity index (χ4n) is 3.87. The highest BCUT2D eigenvalue weighted by Gasteiger charge is 2.11. The number of hydrogen-bond donors (Lipinski definition) is 3. The first kappa shape index (κ1) is 20.7. The molecule has 0 bridgehead atoms. The van der Waals surface area contributed by atoms with Crippen molar-refractivity contribution in [1.82, 2.24) is 25.1 Å². The Morgan fingerprint density at radius 1 is 1.00 bits per heavy atom. The normalized spacial score (nSPS) is 11.2. The lowest BCUT2D eigenvalue weighted by Gasteiger charge is -2.06. The monoisotopic (exact) mass is 464 g/mol. The summed E-state index contributed by atoms with van der Waals surface area (Å²) in [4.78, 5) is 28.0. The number of fused-ring (bicyclic) bond motifs is 2. The molecule has 0 radical (unpaired) electrons. The maximum atomic E-state index is 12.7. The van der Waals surface area contributed by atoms with Crippen LogP contribution in [0.3, 0.4) is 0 Å². The number of nitrogens with zero attached hydrogens (tertiary/aromatic N) is 3. The molecule has 3 heterocycles. The molecule has 6 aromatic rings. The fraction of sp³-hybridized carbons (Fsp3) is 0.0769. The van der Waals surface area contributed by atoms with Crippen molar-refractivity contribution in [1.29, 1.82) is 0 Å². The van der Waals surface area contributed by atoms with Crippen molar-refractivity contribution in [3.05, 3.63) is 90.2 Å². The van der Waals surface area contributed by atoms with Gasteiger partial charge in [0.05, 0.1) is 11.0 Å². The predicted octanol–water partition coefficient (Wildman–Crippen LogP) is 5.23. The molecule has 172 valence electrons. The number of nitrogens with one attached hydrogen (secondary N) is 3. The number of ether oxygens (including phenoxy) is 1. The molecule has 0 atom stereocenters. The van der Waals surface area contributed by atoms with E-state index in [0.717, 1.165) is 33.2 Å². The molecule has 0 fully saturated rings. The Balaban J connectivity index is 1.16. The summed E-state index contributed by atoms with van der Waals surface area (Å²) >= 11 is 0. The predicted molar refractivity (Wildman–Crippen MR) is 131 cm³/mol. The van der Waals surface area contributed by atoms with Gasteiger partial charge in [-0.2, -0.15) is 4.98 Å². The second-order valence-corrected chi connectivity index (χ2v) is 8.10. The zero-order valence-corrected chi connectivity index (χ0v) is 18.7. The van der Waals surface area contributed by atoms with Gasteiger partial charge in [0.15, 0.2) is 12.4 Å². The quantitative estimate of drug-likeness (QED) is 0.310. The van der Waals surface area contributed by atoms with Gasteiger partial charge in [-0.15, -0.1) is 0 Å². The molecule has 0 saturated carbocycles. The van der Waals surface area contributed by atoms with Crippen molar-refractivity contribution in [2.45, 2.75) is 13.5 Å². The average molecular weight is 464 g/mol. The van der Waals surface area contributed by atoms with Crippen LogP contribution in [0.1, 0.15) is 22.1 Å². The van der Waals surface area contributed by atoms with Gasteiger partial charge in [-0.05, 0) is 54.8 Å². The van der Waals surface area contributed by atoms with Gasteiger partial charge in [-0.1, -0.05) is 23.4 Å². The van der Waals surface area contributed by atoms with Crippen LogP contribution in [-0.2, 0) is 6.61 Å². The van der Waals surface area contributed by atoms with Crippen LogP contribution in [0.5, 0.6) is 5.75 Å². The summed E-state index contributed by atoms with van der Waals surface area (Å²) in [5, 5.41) is 7.79. The van der Waals surface area contributed by atoms with Crippen molar-refractivity contribution >= 4 is 33.5 Å². The summed E-state index contributed by atoms with van der Waals surface area (Å²) in [6, 6.07) is 20.7. The summed E-state index contributed by atoms with van der Waals surface area (Å²) in [5.74, 6) is 2.17. The molecule has 0 aliphatic heterocycles. The molecule has 3 aromatic carbocycles. The van der Waals surface area contributed by atoms with E-state index < -0.39 is 0 Å². The molecule has 0 saturated heterocycles. The molecular weight excluding hydrogens is 444 g/mol. The second-order valence-electron chi connectivity index (χ2n) is 8.10. The maximum absolute atomic E-state index is 12.7. The molecule has 9 heteroatoms. The lowest BCUT2D eigenvalue weighted by atomic mass is 10.1. The molecular formula is C26H20N6O3. The Bertz CT molecular complexity index is 1660. The largest absolute Gasteiger partial charge is 0.484 e. The third-order valence-corrected chi connectivity index (χ3v) is 5.62. The minimum Gasteiger partial charge on any atom is -0.484 e. The Morgan fingerprint density at radius 3 is 2.71 bits per heavy atom. The van der Waals surface area contributed by atoms with Crippen molar-refractivity contribution in [3.8, 4) is 17.1 Å². The number of anilines is 1. The van der Waals surface area contributed by atoms with E-state index in [1.165, 1.54) is 0 Å². The van der Waals surface area contributed by atoms with E-state index in [4.69, 9.17) is 9.26 Å². The van der Waals surface area contributed by atoms with Crippen LogP contribution in [0.15, 0.2) is 77.4 Å². The fourth-order valence-corrected chi connectivity index (χ4v) is 3.87. The lowest BCUT2D eigenvalue weighted by molar-refractivity contribution is 0.102. The molecule has 0 aliphatic carbocycles. The van der Waals surface area contributed by atoms with Gasteiger partial charge in [0.1, 0.15) is 11.6 Å². The number of aryl methyl sites for hydroxylation is 1. The van der Waals surface area contributed by atoms with Gasteiger partial charge < -0.3 is 24.5 Å².